The predicted octanol–water partition coefficient (Wildman–Crippen LogP) is 4.37. The van der Waals surface area contributed by atoms with Gasteiger partial charge >= 0.3 is 0 Å². The minimum absolute atomic E-state index is 0.131. The molecule has 5 aromatic rings. The molecule has 0 bridgehead atoms. The van der Waals surface area contributed by atoms with Crippen LogP contribution in [0, 0.1) is 5.41 Å². The summed E-state index contributed by atoms with van der Waals surface area (Å²) in [6.45, 7) is 11.8. The van der Waals surface area contributed by atoms with Crippen molar-refractivity contribution in [3.8, 4) is 16.9 Å². The molecule has 6 aliphatic heterocycles. The highest BCUT2D eigenvalue weighted by molar-refractivity contribution is 6.07. The molecule has 0 radical (unpaired) electrons. The van der Waals surface area contributed by atoms with E-state index in [1.54, 1.807) is 35.3 Å². The zero-order valence-electron chi connectivity index (χ0n) is 40.6. The Hall–Kier alpha value is -7.05. The molecule has 7 aliphatic rings. The molecule has 1 aliphatic carbocycles. The van der Waals surface area contributed by atoms with Gasteiger partial charge in [0, 0.05) is 105 Å². The number of nitrogens with one attached hydrogen (secondary N) is 2. The van der Waals surface area contributed by atoms with Crippen molar-refractivity contribution >= 4 is 52.3 Å². The molecule has 4 atom stereocenters. The standard InChI is InChI=1S/C53H59N11O7/c1-30-25-59(33-12-14-61-35(21-33)29-71-47-38-27-64(42-8-10-46(66)57-49(42)67)50(68)37(38)6-7-41(47)61)15-16-60(30)34-5-9-45(55-24-34)56-40-19-32(26-58(4)51(40)69)36-11-13-54-48(39(36)28-65)63-18-17-62-43(52(63)70)20-31-22-53(2,3)23-44(31)62/h5-7,9,11,13,19-20,24,26,30,33,35,42,65H,8,10,12,14-18,21-23,25,27-29H2,1-4H3,(H,55,56)(H,57,66,67)/t30-,33+,35-,42?/m0/s1. The first-order valence-corrected chi connectivity index (χ1v) is 25.0. The second-order valence-electron chi connectivity index (χ2n) is 21.2. The molecule has 3 fully saturated rings. The number of carbonyl (C=O) groups is 4. The van der Waals surface area contributed by atoms with Crippen LogP contribution in [-0.4, -0.2) is 121 Å². The lowest BCUT2D eigenvalue weighted by molar-refractivity contribution is -0.136. The Kier molecular flexibility index (Phi) is 10.8. The number of anilines is 5. The lowest BCUT2D eigenvalue weighted by atomic mass is 9.90. The van der Waals surface area contributed by atoms with Gasteiger partial charge in [-0.25, -0.2) is 9.97 Å². The molecule has 1 unspecified atom stereocenters. The number of rotatable bonds is 8. The molecule has 10 heterocycles. The third-order valence-electron chi connectivity index (χ3n) is 16.1. The minimum Gasteiger partial charge on any atom is -0.489 e. The fraction of sp³-hybridized carbons (Fsp3) is 0.453. The zero-order valence-corrected chi connectivity index (χ0v) is 40.6. The summed E-state index contributed by atoms with van der Waals surface area (Å²) in [5.41, 5.74) is 8.68. The number of piperidine rings is 2. The molecule has 71 heavy (non-hydrogen) atoms. The predicted molar refractivity (Wildman–Crippen MR) is 266 cm³/mol. The number of benzene rings is 1. The summed E-state index contributed by atoms with van der Waals surface area (Å²) in [5, 5.41) is 16.5. The Morgan fingerprint density at radius 1 is 0.887 bits per heavy atom. The van der Waals surface area contributed by atoms with Crippen LogP contribution in [0.1, 0.15) is 89.7 Å². The van der Waals surface area contributed by atoms with Crippen molar-refractivity contribution < 1.29 is 29.0 Å². The Balaban J connectivity index is 0.690. The fourth-order valence-corrected chi connectivity index (χ4v) is 12.7. The van der Waals surface area contributed by atoms with E-state index in [0.717, 1.165) is 74.6 Å². The molecule has 18 heteroatoms. The number of aliphatic hydroxyl groups excluding tert-OH is 1. The molecule has 0 spiro atoms. The highest BCUT2D eigenvalue weighted by atomic mass is 16.5. The van der Waals surface area contributed by atoms with Gasteiger partial charge in [-0.3, -0.25) is 39.1 Å². The normalized spacial score (nSPS) is 23.7. The van der Waals surface area contributed by atoms with Gasteiger partial charge in [0.25, 0.3) is 17.4 Å². The monoisotopic (exact) mass is 961 g/mol. The lowest BCUT2D eigenvalue weighted by Gasteiger charge is -2.50. The molecule has 12 rings (SSSR count). The molecule has 0 saturated carbocycles. The Labute approximate surface area is 411 Å². The molecule has 4 amide bonds. The van der Waals surface area contributed by atoms with E-state index in [4.69, 9.17) is 9.72 Å². The van der Waals surface area contributed by atoms with Gasteiger partial charge in [-0.2, -0.15) is 0 Å². The number of pyridine rings is 3. The number of piperazine rings is 1. The quantitative estimate of drug-likeness (QED) is 0.186. The third kappa shape index (κ3) is 7.64. The number of nitrogens with zero attached hydrogens (tertiary/aromatic N) is 9. The Morgan fingerprint density at radius 2 is 1.75 bits per heavy atom. The van der Waals surface area contributed by atoms with Crippen molar-refractivity contribution in [1.82, 2.24) is 34.2 Å². The summed E-state index contributed by atoms with van der Waals surface area (Å²) in [5.74, 6) is 0.630. The first-order valence-electron chi connectivity index (χ1n) is 25.0. The van der Waals surface area contributed by atoms with Crippen LogP contribution < -0.4 is 35.6 Å². The van der Waals surface area contributed by atoms with Crippen molar-refractivity contribution in [1.29, 1.82) is 0 Å². The molecular weight excluding hydrogens is 903 g/mol. The summed E-state index contributed by atoms with van der Waals surface area (Å²) >= 11 is 0. The van der Waals surface area contributed by atoms with Crippen LogP contribution in [0.15, 0.2) is 65.8 Å². The molecule has 3 N–H and O–H groups in total. The number of fused-ring (bicyclic) bond motifs is 8. The number of hydrogen-bond acceptors (Lipinski definition) is 13. The van der Waals surface area contributed by atoms with Crippen LogP contribution in [-0.2, 0) is 49.2 Å². The topological polar surface area (TPSA) is 191 Å². The number of imide groups is 1. The highest BCUT2D eigenvalue weighted by Gasteiger charge is 2.44. The van der Waals surface area contributed by atoms with Crippen LogP contribution in [0.4, 0.5) is 28.7 Å². The number of carbonyl (C=O) groups excluding carboxylic acids is 4. The van der Waals surface area contributed by atoms with E-state index in [-0.39, 0.29) is 60.4 Å². The second kappa shape index (κ2) is 17.1. The maximum atomic E-state index is 14.0. The first-order chi connectivity index (χ1) is 34.2. The Bertz CT molecular complexity index is 3110. The van der Waals surface area contributed by atoms with Gasteiger partial charge < -0.3 is 39.0 Å². The van der Waals surface area contributed by atoms with E-state index in [1.807, 2.05) is 42.6 Å². The van der Waals surface area contributed by atoms with E-state index < -0.39 is 11.9 Å². The van der Waals surface area contributed by atoms with Crippen LogP contribution >= 0.6 is 0 Å². The second-order valence-corrected chi connectivity index (χ2v) is 21.2. The third-order valence-corrected chi connectivity index (χ3v) is 16.1. The van der Waals surface area contributed by atoms with E-state index in [9.17, 15) is 29.1 Å². The number of hydrogen-bond donors (Lipinski definition) is 3. The van der Waals surface area contributed by atoms with E-state index >= 15 is 0 Å². The van der Waals surface area contributed by atoms with Gasteiger partial charge in [-0.15, -0.1) is 0 Å². The molecule has 3 saturated heterocycles. The van der Waals surface area contributed by atoms with Crippen LogP contribution in [0.3, 0.4) is 0 Å². The number of aliphatic hydroxyl groups is 1. The van der Waals surface area contributed by atoms with Gasteiger partial charge in [0.05, 0.1) is 36.8 Å². The van der Waals surface area contributed by atoms with Crippen molar-refractivity contribution in [3.63, 3.8) is 0 Å². The minimum atomic E-state index is -0.668. The fourth-order valence-electron chi connectivity index (χ4n) is 12.7. The van der Waals surface area contributed by atoms with E-state index in [1.165, 1.54) is 15.8 Å². The number of aryl methyl sites for hydroxylation is 1. The van der Waals surface area contributed by atoms with Gasteiger partial charge in [0.15, 0.2) is 0 Å². The summed E-state index contributed by atoms with van der Waals surface area (Å²) in [6, 6.07) is 13.6. The van der Waals surface area contributed by atoms with Gasteiger partial charge in [-0.1, -0.05) is 13.8 Å². The average molecular weight is 962 g/mol. The van der Waals surface area contributed by atoms with Crippen LogP contribution in [0.2, 0.25) is 0 Å². The van der Waals surface area contributed by atoms with Gasteiger partial charge in [0.2, 0.25) is 11.8 Å². The largest absolute Gasteiger partial charge is 0.489 e. The SMILES string of the molecule is C[C@H]1CN([C@@H]2CCN3c4ccc5c(c4OC[C@@H]3C2)CN(C2CCC(=O)NC2=O)C5=O)CCN1c1ccc(Nc2cc(-c3ccnc(N4CCn5c(cc6c5CC(C)(C)C6)C4=O)c3CO)cn(C)c2=O)nc1. The zero-order chi connectivity index (χ0) is 49.0. The highest BCUT2D eigenvalue weighted by Crippen LogP contribution is 2.46. The summed E-state index contributed by atoms with van der Waals surface area (Å²) in [7, 11) is 1.69. The first kappa shape index (κ1) is 45.1. The van der Waals surface area contributed by atoms with E-state index in [2.05, 4.69) is 55.7 Å². The Morgan fingerprint density at radius 3 is 2.54 bits per heavy atom. The molecule has 4 aromatic heterocycles. The average Bonchev–Trinajstić information content (AvgIpc) is 3.99. The summed E-state index contributed by atoms with van der Waals surface area (Å²) < 4.78 is 10.2. The molecule has 368 valence electrons. The maximum Gasteiger partial charge on any atom is 0.276 e. The van der Waals surface area contributed by atoms with Gasteiger partial charge in [0.1, 0.15) is 41.4 Å². The van der Waals surface area contributed by atoms with Crippen molar-refractivity contribution in [2.24, 2.45) is 12.5 Å². The molecule has 1 aromatic carbocycles. The number of ether oxygens (including phenoxy) is 1. The molecular formula is C53H59N11O7. The molecule has 18 nitrogen and oxygen atoms in total. The smallest absolute Gasteiger partial charge is 0.276 e. The van der Waals surface area contributed by atoms with Gasteiger partial charge in [-0.05, 0) is 98.0 Å². The number of aromatic nitrogens is 4. The number of amides is 4. The van der Waals surface area contributed by atoms with Crippen molar-refractivity contribution in [2.45, 2.75) is 103 Å². The maximum absolute atomic E-state index is 14.0. The van der Waals surface area contributed by atoms with Crippen molar-refractivity contribution in [3.05, 3.63) is 105 Å². The lowest BCUT2D eigenvalue weighted by Crippen LogP contribution is -2.59. The van der Waals surface area contributed by atoms with Crippen LogP contribution in [0.25, 0.3) is 11.1 Å². The van der Waals surface area contributed by atoms with Crippen molar-refractivity contribution in [2.75, 3.05) is 59.3 Å². The van der Waals surface area contributed by atoms with Crippen LogP contribution in [0.5, 0.6) is 5.75 Å². The summed E-state index contributed by atoms with van der Waals surface area (Å²) in [4.78, 5) is 85.6. The summed E-state index contributed by atoms with van der Waals surface area (Å²) in [6.07, 6.45) is 9.62. The van der Waals surface area contributed by atoms with E-state index in [0.29, 0.717) is 77.4 Å².